The smallest absolute Gasteiger partial charge is 0.234 e. The number of rotatable bonds is 8. The molecule has 2 heterocycles. The summed E-state index contributed by atoms with van der Waals surface area (Å²) >= 11 is 5.90. The molecule has 2 aliphatic rings. The number of nitriles is 1. The van der Waals surface area contributed by atoms with Crippen molar-refractivity contribution in [2.45, 2.75) is 36.4 Å². The van der Waals surface area contributed by atoms with E-state index in [4.69, 9.17) is 10.5 Å². The molecule has 0 radical (unpaired) electrons. The molecule has 1 aliphatic heterocycles. The first-order valence-electron chi connectivity index (χ1n) is 12.6. The Balaban J connectivity index is 1.41. The van der Waals surface area contributed by atoms with Crippen LogP contribution >= 0.6 is 39.0 Å². The summed E-state index contributed by atoms with van der Waals surface area (Å²) in [5.74, 6) is 0.349. The average Bonchev–Trinajstić information content (AvgIpc) is 3.42. The van der Waals surface area contributed by atoms with Gasteiger partial charge in [0, 0.05) is 27.9 Å². The van der Waals surface area contributed by atoms with Crippen LogP contribution < -0.4 is 20.7 Å². The van der Waals surface area contributed by atoms with Gasteiger partial charge in [-0.1, -0.05) is 51.2 Å². The minimum absolute atomic E-state index is 0.00545. The van der Waals surface area contributed by atoms with Gasteiger partial charge in [-0.3, -0.25) is 14.5 Å². The number of nitrogens with two attached hydrogens (primary N) is 1. The standard InChI is InChI=1S/C28H25BrN6O3S2/c1-2-38-19-12-6-16(7-13-19)24-20(14-30)26(31)35(21-4-3-5-22(36)25(21)24)27-33-34-28(40-27)39-15-23(37)32-18-10-8-17(29)9-11-18/h6-13,24H,2-5,15,31H2,1H3,(H,32,37). The molecule has 2 aromatic carbocycles. The summed E-state index contributed by atoms with van der Waals surface area (Å²) in [5.41, 5.74) is 9.73. The zero-order chi connectivity index (χ0) is 28.2. The van der Waals surface area contributed by atoms with Crippen LogP contribution in [0.2, 0.25) is 0 Å². The topological polar surface area (TPSA) is 134 Å². The van der Waals surface area contributed by atoms with E-state index in [1.165, 1.54) is 23.1 Å². The molecule has 1 aliphatic carbocycles. The van der Waals surface area contributed by atoms with Crippen LogP contribution in [-0.2, 0) is 9.59 Å². The minimum Gasteiger partial charge on any atom is -0.494 e. The highest BCUT2D eigenvalue weighted by atomic mass is 79.9. The van der Waals surface area contributed by atoms with E-state index in [0.717, 1.165) is 15.7 Å². The van der Waals surface area contributed by atoms with Crippen molar-refractivity contribution in [1.29, 1.82) is 5.26 Å². The zero-order valence-corrected chi connectivity index (χ0v) is 24.7. The first kappa shape index (κ1) is 27.9. The van der Waals surface area contributed by atoms with Crippen LogP contribution in [-0.4, -0.2) is 34.2 Å². The number of allylic oxidation sites excluding steroid dienone is 3. The van der Waals surface area contributed by atoms with Crippen LogP contribution in [0, 0.1) is 11.3 Å². The Bertz CT molecular complexity index is 1540. The third-order valence-corrected chi connectivity index (χ3v) is 9.05. The quantitative estimate of drug-likeness (QED) is 0.297. The van der Waals surface area contributed by atoms with E-state index in [2.05, 4.69) is 37.5 Å². The molecule has 204 valence electrons. The number of thioether (sulfide) groups is 1. The number of hydrogen-bond donors (Lipinski definition) is 2. The van der Waals surface area contributed by atoms with E-state index in [9.17, 15) is 14.9 Å². The fraction of sp³-hybridized carbons (Fsp3) is 0.250. The average molecular weight is 638 g/mol. The Morgan fingerprint density at radius 3 is 2.67 bits per heavy atom. The van der Waals surface area contributed by atoms with E-state index in [0.29, 0.717) is 52.4 Å². The van der Waals surface area contributed by atoms with Gasteiger partial charge in [0.2, 0.25) is 11.0 Å². The number of carbonyl (C=O) groups excluding carboxylic acids is 2. The first-order chi connectivity index (χ1) is 19.4. The van der Waals surface area contributed by atoms with Crippen molar-refractivity contribution in [1.82, 2.24) is 10.2 Å². The number of anilines is 2. The molecule has 3 aromatic rings. The van der Waals surface area contributed by atoms with E-state index in [-0.39, 0.29) is 28.8 Å². The van der Waals surface area contributed by atoms with Crippen molar-refractivity contribution < 1.29 is 14.3 Å². The van der Waals surface area contributed by atoms with E-state index in [1.807, 2.05) is 55.5 Å². The predicted octanol–water partition coefficient (Wildman–Crippen LogP) is 5.73. The Morgan fingerprint density at radius 1 is 1.23 bits per heavy atom. The van der Waals surface area contributed by atoms with E-state index in [1.54, 1.807) is 4.90 Å². The molecule has 1 unspecified atom stereocenters. The van der Waals surface area contributed by atoms with Gasteiger partial charge in [-0.15, -0.1) is 10.2 Å². The lowest BCUT2D eigenvalue weighted by Gasteiger charge is -2.38. The number of carbonyl (C=O) groups is 2. The maximum atomic E-state index is 13.3. The van der Waals surface area contributed by atoms with Crippen molar-refractivity contribution in [3.63, 3.8) is 0 Å². The van der Waals surface area contributed by atoms with E-state index >= 15 is 0 Å². The van der Waals surface area contributed by atoms with Gasteiger partial charge < -0.3 is 15.8 Å². The number of amides is 1. The second-order valence-corrected chi connectivity index (χ2v) is 12.1. The highest BCUT2D eigenvalue weighted by molar-refractivity contribution is 9.10. The molecule has 0 spiro atoms. The molecule has 1 amide bonds. The zero-order valence-electron chi connectivity index (χ0n) is 21.5. The molecule has 3 N–H and O–H groups in total. The number of ketones is 1. The Kier molecular flexibility index (Phi) is 8.54. The molecule has 0 saturated carbocycles. The van der Waals surface area contributed by atoms with Crippen molar-refractivity contribution >= 4 is 61.5 Å². The summed E-state index contributed by atoms with van der Waals surface area (Å²) in [6, 6.07) is 17.0. The number of halogens is 1. The van der Waals surface area contributed by atoms with Gasteiger partial charge in [0.05, 0.1) is 29.9 Å². The third kappa shape index (κ3) is 5.77. The van der Waals surface area contributed by atoms with Gasteiger partial charge in [0.25, 0.3) is 0 Å². The summed E-state index contributed by atoms with van der Waals surface area (Å²) in [4.78, 5) is 27.5. The summed E-state index contributed by atoms with van der Waals surface area (Å²) < 4.78 is 7.07. The molecular formula is C28H25BrN6O3S2. The normalized spacial score (nSPS) is 17.0. The molecule has 0 fully saturated rings. The van der Waals surface area contributed by atoms with Crippen LogP contribution in [0.3, 0.4) is 0 Å². The molecule has 0 saturated heterocycles. The largest absolute Gasteiger partial charge is 0.494 e. The maximum Gasteiger partial charge on any atom is 0.234 e. The summed E-state index contributed by atoms with van der Waals surface area (Å²) in [7, 11) is 0. The van der Waals surface area contributed by atoms with Crippen LogP contribution in [0.1, 0.15) is 37.7 Å². The van der Waals surface area contributed by atoms with Crippen LogP contribution in [0.5, 0.6) is 5.75 Å². The Labute approximate surface area is 248 Å². The highest BCUT2D eigenvalue weighted by Gasteiger charge is 2.41. The van der Waals surface area contributed by atoms with E-state index < -0.39 is 5.92 Å². The van der Waals surface area contributed by atoms with Crippen LogP contribution in [0.4, 0.5) is 10.8 Å². The van der Waals surface area contributed by atoms with Gasteiger partial charge in [-0.05, 0) is 61.7 Å². The fourth-order valence-corrected chi connectivity index (χ4v) is 6.72. The molecule has 5 rings (SSSR count). The molecule has 12 heteroatoms. The summed E-state index contributed by atoms with van der Waals surface area (Å²) in [5, 5.41) is 22.1. The van der Waals surface area contributed by atoms with Crippen molar-refractivity contribution in [3.8, 4) is 11.8 Å². The third-order valence-electron chi connectivity index (χ3n) is 6.48. The van der Waals surface area contributed by atoms with Gasteiger partial charge in [0.1, 0.15) is 11.6 Å². The number of aromatic nitrogens is 2. The number of hydrogen-bond acceptors (Lipinski definition) is 10. The lowest BCUT2D eigenvalue weighted by atomic mass is 9.76. The second kappa shape index (κ2) is 12.2. The van der Waals surface area contributed by atoms with Gasteiger partial charge in [0.15, 0.2) is 10.1 Å². The number of Topliss-reactive ketones (excluding diaryl/α,β-unsaturated/α-hetero) is 1. The van der Waals surface area contributed by atoms with Gasteiger partial charge in [-0.25, -0.2) is 0 Å². The molecule has 0 bridgehead atoms. The fourth-order valence-electron chi connectivity index (χ4n) is 4.77. The maximum absolute atomic E-state index is 13.3. The molecule has 1 aromatic heterocycles. The van der Waals surface area contributed by atoms with Crippen LogP contribution in [0.25, 0.3) is 0 Å². The highest BCUT2D eigenvalue weighted by Crippen LogP contribution is 2.47. The number of nitrogens with one attached hydrogen (secondary N) is 1. The molecule has 40 heavy (non-hydrogen) atoms. The molecule has 9 nitrogen and oxygen atoms in total. The lowest BCUT2D eigenvalue weighted by molar-refractivity contribution is -0.116. The number of nitrogens with zero attached hydrogens (tertiary/aromatic N) is 4. The predicted molar refractivity (Wildman–Crippen MR) is 159 cm³/mol. The van der Waals surface area contributed by atoms with Crippen LogP contribution in [0.15, 0.2) is 80.0 Å². The van der Waals surface area contributed by atoms with Crippen molar-refractivity contribution in [2.24, 2.45) is 5.73 Å². The molecular weight excluding hydrogens is 612 g/mol. The lowest BCUT2D eigenvalue weighted by Crippen LogP contribution is -2.38. The Morgan fingerprint density at radius 2 is 1.98 bits per heavy atom. The number of benzene rings is 2. The van der Waals surface area contributed by atoms with Gasteiger partial charge >= 0.3 is 0 Å². The Hall–Kier alpha value is -3.66. The van der Waals surface area contributed by atoms with Crippen molar-refractivity contribution in [2.75, 3.05) is 22.6 Å². The second-order valence-electron chi connectivity index (χ2n) is 9.01. The number of ether oxygens (including phenoxy) is 1. The summed E-state index contributed by atoms with van der Waals surface area (Å²) in [6.45, 7) is 2.45. The molecule has 1 atom stereocenters. The SMILES string of the molecule is CCOc1ccc(C2C(C#N)=C(N)N(c3nnc(SCC(=O)Nc4ccc(Br)cc4)s3)C3=C2C(=O)CCC3)cc1. The monoisotopic (exact) mass is 636 g/mol. The van der Waals surface area contributed by atoms with Gasteiger partial charge in [-0.2, -0.15) is 5.26 Å². The summed E-state index contributed by atoms with van der Waals surface area (Å²) in [6.07, 6.45) is 1.70. The first-order valence-corrected chi connectivity index (χ1v) is 15.2. The van der Waals surface area contributed by atoms with Crippen molar-refractivity contribution in [3.05, 3.63) is 81.2 Å². The minimum atomic E-state index is -0.566.